The van der Waals surface area contributed by atoms with E-state index in [1.807, 2.05) is 0 Å². The Bertz CT molecular complexity index is 71.0. The first-order valence-corrected chi connectivity index (χ1v) is 5.31. The predicted molar refractivity (Wildman–Crippen MR) is 56.2 cm³/mol. The average molecular weight is 280 g/mol. The molecule has 0 saturated carbocycles. The molecule has 0 fully saturated rings. The number of alkyl halides is 4. The van der Waals surface area contributed by atoms with Crippen LogP contribution < -0.4 is 10.2 Å². The Hall–Kier alpha value is 1.85. The number of hydrogen-bond acceptors (Lipinski definition) is 2. The summed E-state index contributed by atoms with van der Waals surface area (Å²) in [5.74, 6) is 0.458. The Kier molecular flexibility index (Phi) is 25.4. The minimum atomic E-state index is -0.784. The van der Waals surface area contributed by atoms with Crippen molar-refractivity contribution in [2.75, 3.05) is 23.5 Å². The second-order valence-electron chi connectivity index (χ2n) is 1.86. The number of rotatable bonds is 4. The molecule has 13 heavy (non-hydrogen) atoms. The van der Waals surface area contributed by atoms with Gasteiger partial charge in [0.05, 0.1) is 0 Å². The Labute approximate surface area is 115 Å². The van der Waals surface area contributed by atoms with Crippen LogP contribution in [0, 0.1) is 0 Å². The average Bonchev–Trinajstić information content (AvgIpc) is 2.16. The summed E-state index contributed by atoms with van der Waals surface area (Å²) in [6, 6.07) is 0. The van der Waals surface area contributed by atoms with Gasteiger partial charge >= 0.3 is 23.1 Å². The summed E-state index contributed by atoms with van der Waals surface area (Å²) in [7, 11) is 0. The molecule has 0 aromatic rings. The Balaban J connectivity index is -0.000000143. The van der Waals surface area contributed by atoms with Crippen LogP contribution in [0.2, 0.25) is 0 Å². The van der Waals surface area contributed by atoms with E-state index in [9.17, 15) is 10.2 Å². The minimum absolute atomic E-state index is 0. The van der Waals surface area contributed by atoms with Gasteiger partial charge in [0.1, 0.15) is 0 Å². The van der Waals surface area contributed by atoms with Crippen molar-refractivity contribution < 1.29 is 10.2 Å². The van der Waals surface area contributed by atoms with E-state index in [-0.39, 0.29) is 46.6 Å². The van der Waals surface area contributed by atoms with Gasteiger partial charge in [0.25, 0.3) is 0 Å². The topological polar surface area (TPSA) is 46.1 Å². The Morgan fingerprint density at radius 2 is 0.846 bits per heavy atom. The zero-order valence-electron chi connectivity index (χ0n) is 7.02. The Morgan fingerprint density at radius 1 is 0.692 bits per heavy atom. The summed E-state index contributed by atoms with van der Waals surface area (Å²) in [5.41, 5.74) is 0. The van der Waals surface area contributed by atoms with Crippen molar-refractivity contribution >= 4 is 69.5 Å². The maximum absolute atomic E-state index is 10.0. The normalized spacial score (nSPS) is 9.23. The summed E-state index contributed by atoms with van der Waals surface area (Å²) >= 11 is 20.2. The van der Waals surface area contributed by atoms with Gasteiger partial charge in [-0.2, -0.15) is 0 Å². The zero-order valence-corrected chi connectivity index (χ0v) is 11.5. The van der Waals surface area contributed by atoms with Gasteiger partial charge in [0.2, 0.25) is 0 Å². The van der Waals surface area contributed by atoms with Gasteiger partial charge in [0.15, 0.2) is 0 Å². The van der Waals surface area contributed by atoms with Crippen LogP contribution in [0.3, 0.4) is 0 Å². The van der Waals surface area contributed by atoms with E-state index in [4.69, 9.17) is 46.4 Å². The third kappa shape index (κ3) is 20.0. The fourth-order valence-corrected chi connectivity index (χ4v) is 0.742. The van der Waals surface area contributed by atoms with Gasteiger partial charge in [-0.15, -0.1) is 46.4 Å². The Morgan fingerprint density at radius 3 is 0.846 bits per heavy atom. The first kappa shape index (κ1) is 20.3. The maximum Gasteiger partial charge on any atom is 2.00 e. The van der Waals surface area contributed by atoms with Gasteiger partial charge in [-0.3, -0.25) is 0 Å². The molecule has 0 aromatic carbocycles. The van der Waals surface area contributed by atoms with E-state index in [1.165, 1.54) is 0 Å². The summed E-state index contributed by atoms with van der Waals surface area (Å²) in [6.07, 6.45) is -1.57. The molecule has 0 aromatic heterocycles. The summed E-state index contributed by atoms with van der Waals surface area (Å²) in [4.78, 5) is 0. The van der Waals surface area contributed by atoms with Crippen molar-refractivity contribution in [3.63, 3.8) is 0 Å². The summed E-state index contributed by atoms with van der Waals surface area (Å²) in [6.45, 7) is 0. The molecule has 0 amide bonds. The fourth-order valence-electron chi connectivity index (χ4n) is 0.0825. The van der Waals surface area contributed by atoms with Gasteiger partial charge in [-0.1, -0.05) is 12.2 Å². The maximum atomic E-state index is 10.0. The van der Waals surface area contributed by atoms with Crippen LogP contribution in [0.5, 0.6) is 0 Å². The minimum Gasteiger partial charge on any atom is -0.850 e. The second-order valence-corrected chi connectivity index (χ2v) is 3.10. The molecule has 0 aliphatic heterocycles. The van der Waals surface area contributed by atoms with Crippen molar-refractivity contribution in [3.05, 3.63) is 0 Å². The van der Waals surface area contributed by atoms with Crippen molar-refractivity contribution in [1.29, 1.82) is 0 Å². The second kappa shape index (κ2) is 16.3. The molecule has 0 saturated heterocycles. The van der Waals surface area contributed by atoms with Gasteiger partial charge in [-0.05, 0) is 0 Å². The molecule has 0 rings (SSSR count). The molecule has 2 nitrogen and oxygen atoms in total. The summed E-state index contributed by atoms with van der Waals surface area (Å²) in [5, 5.41) is 20.0. The molecule has 0 aliphatic rings. The van der Waals surface area contributed by atoms with E-state index in [1.54, 1.807) is 0 Å². The molecule has 0 atom stereocenters. The van der Waals surface area contributed by atoms with Crippen molar-refractivity contribution in [2.45, 2.75) is 12.2 Å². The molecular formula is C6H10Cl4MgO2. The number of halogens is 4. The number of hydrogen-bond donors (Lipinski definition) is 0. The van der Waals surface area contributed by atoms with Crippen LogP contribution in [-0.4, -0.2) is 58.8 Å². The molecular weight excluding hydrogens is 270 g/mol. The van der Waals surface area contributed by atoms with Crippen LogP contribution in [0.15, 0.2) is 0 Å². The van der Waals surface area contributed by atoms with Crippen molar-refractivity contribution in [3.8, 4) is 0 Å². The first-order valence-electron chi connectivity index (χ1n) is 3.17. The van der Waals surface area contributed by atoms with Gasteiger partial charge in [0, 0.05) is 23.5 Å². The largest absolute Gasteiger partial charge is 2.00 e. The van der Waals surface area contributed by atoms with Crippen LogP contribution in [0.1, 0.15) is 0 Å². The molecule has 0 heterocycles. The third-order valence-corrected chi connectivity index (χ3v) is 2.07. The van der Waals surface area contributed by atoms with Crippen molar-refractivity contribution in [2.24, 2.45) is 0 Å². The summed E-state index contributed by atoms with van der Waals surface area (Å²) < 4.78 is 0. The van der Waals surface area contributed by atoms with Gasteiger partial charge in [-0.25, -0.2) is 0 Å². The van der Waals surface area contributed by atoms with E-state index in [2.05, 4.69) is 0 Å². The third-order valence-electron chi connectivity index (χ3n) is 0.688. The van der Waals surface area contributed by atoms with E-state index >= 15 is 0 Å². The first-order chi connectivity index (χ1) is 5.62. The molecule has 0 bridgehead atoms. The van der Waals surface area contributed by atoms with Crippen LogP contribution in [0.25, 0.3) is 0 Å². The SMILES string of the molecule is [Mg+2].[O-]C(CCl)CCl.[O-]C(CCl)CCl. The smallest absolute Gasteiger partial charge is 0.850 e. The molecule has 0 aliphatic carbocycles. The monoisotopic (exact) mass is 278 g/mol. The van der Waals surface area contributed by atoms with E-state index in [0.29, 0.717) is 0 Å². The van der Waals surface area contributed by atoms with Crippen molar-refractivity contribution in [1.82, 2.24) is 0 Å². The molecule has 0 radical (unpaired) electrons. The molecule has 7 heteroatoms. The quantitative estimate of drug-likeness (QED) is 0.538. The van der Waals surface area contributed by atoms with E-state index in [0.717, 1.165) is 0 Å². The van der Waals surface area contributed by atoms with E-state index < -0.39 is 12.2 Å². The van der Waals surface area contributed by atoms with Crippen LogP contribution in [-0.2, 0) is 0 Å². The van der Waals surface area contributed by atoms with Gasteiger partial charge < -0.3 is 10.2 Å². The molecule has 0 spiro atoms. The fraction of sp³-hybridized carbons (Fsp3) is 1.00. The zero-order chi connectivity index (χ0) is 9.98. The van der Waals surface area contributed by atoms with Crippen LogP contribution in [0.4, 0.5) is 0 Å². The molecule has 76 valence electrons. The predicted octanol–water partition coefficient (Wildman–Crippen LogP) is 0.00500. The molecule has 0 unspecified atom stereocenters. The molecule has 0 N–H and O–H groups in total. The van der Waals surface area contributed by atoms with Crippen LogP contribution >= 0.6 is 46.4 Å². The standard InChI is InChI=1S/2C3H5Cl2O.Mg/c2*4-1-3(6)2-5;/h2*3H,1-2H2;/q2*-1;+2.